The third kappa shape index (κ3) is 4.07. The van der Waals surface area contributed by atoms with Gasteiger partial charge in [-0.1, -0.05) is 44.5 Å². The van der Waals surface area contributed by atoms with Crippen molar-refractivity contribution < 1.29 is 14.0 Å². The number of halogens is 1. The van der Waals surface area contributed by atoms with Crippen molar-refractivity contribution >= 4 is 25.9 Å². The minimum atomic E-state index is -2.09. The molecule has 0 spiro atoms. The van der Waals surface area contributed by atoms with Crippen molar-refractivity contribution in [1.82, 2.24) is 0 Å². The van der Waals surface area contributed by atoms with Gasteiger partial charge in [-0.25, -0.2) is 4.79 Å². The fourth-order valence-corrected chi connectivity index (χ4v) is 2.87. The predicted molar refractivity (Wildman–Crippen MR) is 84.5 cm³/mol. The van der Waals surface area contributed by atoms with E-state index in [1.165, 1.54) is 7.11 Å². The van der Waals surface area contributed by atoms with E-state index in [1.54, 1.807) is 12.1 Å². The van der Waals surface area contributed by atoms with Crippen molar-refractivity contribution in [2.24, 2.45) is 0 Å². The summed E-state index contributed by atoms with van der Waals surface area (Å²) in [4.78, 5) is 12.1. The summed E-state index contributed by atoms with van der Waals surface area (Å²) in [6.07, 6.45) is -0.723. The Morgan fingerprint density at radius 3 is 2.35 bits per heavy atom. The molecule has 112 valence electrons. The van der Waals surface area contributed by atoms with E-state index in [4.69, 9.17) is 20.8 Å². The lowest BCUT2D eigenvalue weighted by atomic mass is 10.1. The number of hydrogen-bond acceptors (Lipinski definition) is 3. The first-order valence-corrected chi connectivity index (χ1v) is 9.88. The standard InChI is InChI=1S/C15H23ClO3Si/c1-15(2,3)20(5,6)19-13(14(17)18-4)11-8-7-9-12(16)10-11/h7-10,13H,1-6H3. The van der Waals surface area contributed by atoms with Crippen LogP contribution in [-0.4, -0.2) is 21.4 Å². The van der Waals surface area contributed by atoms with Gasteiger partial charge in [0.15, 0.2) is 14.4 Å². The van der Waals surface area contributed by atoms with E-state index in [0.717, 1.165) is 5.56 Å². The third-order valence-electron chi connectivity index (χ3n) is 3.79. The highest BCUT2D eigenvalue weighted by Crippen LogP contribution is 2.40. The topological polar surface area (TPSA) is 35.5 Å². The van der Waals surface area contributed by atoms with Crippen LogP contribution in [0.5, 0.6) is 0 Å². The SMILES string of the molecule is COC(=O)C(O[Si](C)(C)C(C)(C)C)c1cccc(Cl)c1. The molecule has 0 aliphatic rings. The summed E-state index contributed by atoms with van der Waals surface area (Å²) in [6, 6.07) is 7.16. The first-order valence-electron chi connectivity index (χ1n) is 6.59. The van der Waals surface area contributed by atoms with Gasteiger partial charge in [-0.05, 0) is 35.8 Å². The van der Waals surface area contributed by atoms with Crippen LogP contribution in [0.4, 0.5) is 0 Å². The van der Waals surface area contributed by atoms with Gasteiger partial charge in [0.25, 0.3) is 0 Å². The highest BCUT2D eigenvalue weighted by atomic mass is 35.5. The molecule has 20 heavy (non-hydrogen) atoms. The molecule has 0 saturated heterocycles. The van der Waals surface area contributed by atoms with E-state index in [-0.39, 0.29) is 5.04 Å². The van der Waals surface area contributed by atoms with Gasteiger partial charge in [-0.2, -0.15) is 0 Å². The molecule has 1 aromatic carbocycles. The number of rotatable bonds is 4. The number of esters is 1. The summed E-state index contributed by atoms with van der Waals surface area (Å²) in [5, 5.41) is 0.591. The third-order valence-corrected chi connectivity index (χ3v) is 8.46. The lowest BCUT2D eigenvalue weighted by Gasteiger charge is -2.38. The maximum Gasteiger partial charge on any atom is 0.338 e. The highest BCUT2D eigenvalue weighted by Gasteiger charge is 2.41. The number of hydrogen-bond donors (Lipinski definition) is 0. The molecule has 0 radical (unpaired) electrons. The molecule has 1 aromatic rings. The Morgan fingerprint density at radius 1 is 1.30 bits per heavy atom. The molecule has 1 rings (SSSR count). The van der Waals surface area contributed by atoms with E-state index >= 15 is 0 Å². The smallest absolute Gasteiger partial charge is 0.338 e. The van der Waals surface area contributed by atoms with Crippen molar-refractivity contribution in [3.05, 3.63) is 34.9 Å². The number of ether oxygens (including phenoxy) is 1. The van der Waals surface area contributed by atoms with Crippen molar-refractivity contribution in [3.63, 3.8) is 0 Å². The zero-order chi connectivity index (χ0) is 15.6. The Morgan fingerprint density at radius 2 is 1.90 bits per heavy atom. The molecule has 5 heteroatoms. The van der Waals surface area contributed by atoms with E-state index in [1.807, 2.05) is 12.1 Å². The second kappa shape index (κ2) is 6.29. The van der Waals surface area contributed by atoms with Crippen LogP contribution in [0, 0.1) is 0 Å². The van der Waals surface area contributed by atoms with Gasteiger partial charge in [0.1, 0.15) is 0 Å². The summed E-state index contributed by atoms with van der Waals surface area (Å²) in [5.74, 6) is -0.392. The first-order chi connectivity index (χ1) is 9.08. The van der Waals surface area contributed by atoms with Gasteiger partial charge in [0.05, 0.1) is 7.11 Å². The molecule has 1 unspecified atom stereocenters. The molecule has 0 bridgehead atoms. The van der Waals surface area contributed by atoms with Crippen molar-refractivity contribution in [2.75, 3.05) is 7.11 Å². The average Bonchev–Trinajstić information content (AvgIpc) is 2.33. The van der Waals surface area contributed by atoms with Gasteiger partial charge in [0.2, 0.25) is 0 Å². The second-order valence-corrected chi connectivity index (χ2v) is 11.5. The van der Waals surface area contributed by atoms with Crippen LogP contribution in [0.1, 0.15) is 32.4 Å². The molecule has 0 aromatic heterocycles. The lowest BCUT2D eigenvalue weighted by Crippen LogP contribution is -2.43. The van der Waals surface area contributed by atoms with Crippen LogP contribution < -0.4 is 0 Å². The lowest BCUT2D eigenvalue weighted by molar-refractivity contribution is -0.149. The van der Waals surface area contributed by atoms with Crippen LogP contribution in [0.2, 0.25) is 23.2 Å². The molecule has 0 aliphatic carbocycles. The maximum atomic E-state index is 12.1. The Bertz CT molecular complexity index is 480. The normalized spacial score (nSPS) is 13.9. The van der Waals surface area contributed by atoms with Gasteiger partial charge >= 0.3 is 5.97 Å². The molecule has 0 fully saturated rings. The molecule has 0 amide bonds. The van der Waals surface area contributed by atoms with Crippen LogP contribution >= 0.6 is 11.6 Å². The monoisotopic (exact) mass is 314 g/mol. The Kier molecular flexibility index (Phi) is 5.41. The van der Waals surface area contributed by atoms with E-state index < -0.39 is 20.4 Å². The highest BCUT2D eigenvalue weighted by molar-refractivity contribution is 6.74. The van der Waals surface area contributed by atoms with Gasteiger partial charge in [-0.15, -0.1) is 0 Å². The summed E-state index contributed by atoms with van der Waals surface area (Å²) < 4.78 is 11.1. The van der Waals surface area contributed by atoms with Gasteiger partial charge in [-0.3, -0.25) is 0 Å². The largest absolute Gasteiger partial charge is 0.467 e. The minimum Gasteiger partial charge on any atom is -0.467 e. The molecule has 0 saturated carbocycles. The zero-order valence-corrected chi connectivity index (χ0v) is 14.7. The molecule has 1 atom stereocenters. The van der Waals surface area contributed by atoms with E-state index in [9.17, 15) is 4.79 Å². The fraction of sp³-hybridized carbons (Fsp3) is 0.533. The molecule has 3 nitrogen and oxygen atoms in total. The predicted octanol–water partition coefficient (Wildman–Crippen LogP) is 4.58. The first kappa shape index (κ1) is 17.2. The Hall–Kier alpha value is -0.843. The summed E-state index contributed by atoms with van der Waals surface area (Å²) in [7, 11) is -0.721. The number of carbonyl (C=O) groups is 1. The average molecular weight is 315 g/mol. The van der Waals surface area contributed by atoms with E-state index in [2.05, 4.69) is 33.9 Å². The summed E-state index contributed by atoms with van der Waals surface area (Å²) >= 11 is 6.00. The summed E-state index contributed by atoms with van der Waals surface area (Å²) in [5.41, 5.74) is 0.731. The maximum absolute atomic E-state index is 12.1. The van der Waals surface area contributed by atoms with Gasteiger partial charge < -0.3 is 9.16 Å². The van der Waals surface area contributed by atoms with Gasteiger partial charge in [0, 0.05) is 5.02 Å². The fourth-order valence-electron chi connectivity index (χ4n) is 1.50. The van der Waals surface area contributed by atoms with Crippen LogP contribution in [-0.2, 0) is 14.0 Å². The quantitative estimate of drug-likeness (QED) is 0.603. The van der Waals surface area contributed by atoms with Crippen LogP contribution in [0.15, 0.2) is 24.3 Å². The number of benzene rings is 1. The Balaban J connectivity index is 3.12. The zero-order valence-electron chi connectivity index (χ0n) is 13.0. The molecule has 0 aliphatic heterocycles. The molecule has 0 N–H and O–H groups in total. The Labute approximate surface area is 127 Å². The minimum absolute atomic E-state index is 0.0118. The van der Waals surface area contributed by atoms with Crippen LogP contribution in [0.25, 0.3) is 0 Å². The van der Waals surface area contributed by atoms with Crippen molar-refractivity contribution in [3.8, 4) is 0 Å². The molecule has 0 heterocycles. The second-order valence-electron chi connectivity index (χ2n) is 6.34. The van der Waals surface area contributed by atoms with Crippen LogP contribution in [0.3, 0.4) is 0 Å². The molecular weight excluding hydrogens is 292 g/mol. The van der Waals surface area contributed by atoms with Crippen molar-refractivity contribution in [1.29, 1.82) is 0 Å². The van der Waals surface area contributed by atoms with E-state index in [0.29, 0.717) is 5.02 Å². The summed E-state index contributed by atoms with van der Waals surface area (Å²) in [6.45, 7) is 10.6. The number of methoxy groups -OCH3 is 1. The van der Waals surface area contributed by atoms with Crippen molar-refractivity contribution in [2.45, 2.75) is 45.0 Å². The number of carbonyl (C=O) groups excluding carboxylic acids is 1. The molecular formula is C15H23ClO3Si.